The number of anilines is 1. The first kappa shape index (κ1) is 18.8. The third-order valence-corrected chi connectivity index (χ3v) is 6.68. The predicted molar refractivity (Wildman–Crippen MR) is 104 cm³/mol. The van der Waals surface area contributed by atoms with Gasteiger partial charge in [0, 0.05) is 17.3 Å². The summed E-state index contributed by atoms with van der Waals surface area (Å²) in [6, 6.07) is 9.14. The average Bonchev–Trinajstić information content (AvgIpc) is 3.03. The molecule has 6 nitrogen and oxygen atoms in total. The molecule has 1 aromatic heterocycles. The zero-order valence-electron chi connectivity index (χ0n) is 14.5. The van der Waals surface area contributed by atoms with Gasteiger partial charge in [0.15, 0.2) is 5.13 Å². The monoisotopic (exact) mass is 391 g/mol. The molecule has 138 valence electrons. The molecule has 1 aliphatic rings. The summed E-state index contributed by atoms with van der Waals surface area (Å²) < 4.78 is 25.6. The maximum Gasteiger partial charge on any atom is 0.241 e. The van der Waals surface area contributed by atoms with E-state index < -0.39 is 15.9 Å². The number of carbonyl (C=O) groups is 1. The number of rotatable bonds is 6. The van der Waals surface area contributed by atoms with Crippen molar-refractivity contribution in [2.75, 3.05) is 18.9 Å². The molecule has 0 saturated carbocycles. The fourth-order valence-corrected chi connectivity index (χ4v) is 4.59. The average molecular weight is 392 g/mol. The molecule has 26 heavy (non-hydrogen) atoms. The van der Waals surface area contributed by atoms with E-state index in [0.717, 1.165) is 46.7 Å². The minimum absolute atomic E-state index is 0.258. The summed E-state index contributed by atoms with van der Waals surface area (Å²) in [4.78, 5) is 17.8. The minimum atomic E-state index is -3.67. The van der Waals surface area contributed by atoms with Crippen molar-refractivity contribution in [3.8, 4) is 0 Å². The summed E-state index contributed by atoms with van der Waals surface area (Å²) >= 11 is 1.48. The molecule has 1 N–H and O–H groups in total. The van der Waals surface area contributed by atoms with Gasteiger partial charge in [0.25, 0.3) is 0 Å². The molecule has 1 aliphatic carbocycles. The normalized spacial score (nSPS) is 14.5. The summed E-state index contributed by atoms with van der Waals surface area (Å²) in [5, 5.41) is 4.37. The van der Waals surface area contributed by atoms with Crippen molar-refractivity contribution in [2.24, 2.45) is 0 Å². The van der Waals surface area contributed by atoms with Crippen LogP contribution in [0.25, 0.3) is 6.08 Å². The molecular weight excluding hydrogens is 370 g/mol. The number of thiazole rings is 1. The molecule has 8 heteroatoms. The van der Waals surface area contributed by atoms with E-state index in [-0.39, 0.29) is 6.54 Å². The molecule has 0 atom stereocenters. The molecular formula is C18H21N3O3S2. The van der Waals surface area contributed by atoms with Crippen molar-refractivity contribution >= 4 is 38.5 Å². The first-order valence-corrected chi connectivity index (χ1v) is 10.7. The number of aromatic nitrogens is 1. The summed E-state index contributed by atoms with van der Waals surface area (Å²) in [5.41, 5.74) is 1.84. The third-order valence-electron chi connectivity index (χ3n) is 4.12. The Hall–Kier alpha value is -2.03. The Morgan fingerprint density at radius 2 is 2.00 bits per heavy atom. The van der Waals surface area contributed by atoms with Crippen LogP contribution in [0.15, 0.2) is 35.7 Å². The Kier molecular flexibility index (Phi) is 5.85. The van der Waals surface area contributed by atoms with Crippen LogP contribution in [0.4, 0.5) is 5.13 Å². The number of carbonyl (C=O) groups excluding carboxylic acids is 1. The number of likely N-dealkylation sites (N-methyl/N-ethyl adjacent to an activating group) is 1. The SMILES string of the molecule is CN(CC(=O)Nc1nc2c(s1)CCCC2)S(=O)(=O)/C=C/c1ccccc1. The van der Waals surface area contributed by atoms with E-state index in [4.69, 9.17) is 0 Å². The lowest BCUT2D eigenvalue weighted by Gasteiger charge is -2.13. The van der Waals surface area contributed by atoms with Crippen LogP contribution < -0.4 is 5.32 Å². The van der Waals surface area contributed by atoms with Gasteiger partial charge in [0.05, 0.1) is 12.2 Å². The van der Waals surface area contributed by atoms with Crippen LogP contribution in [-0.2, 0) is 27.7 Å². The highest BCUT2D eigenvalue weighted by atomic mass is 32.2. The number of hydrogen-bond acceptors (Lipinski definition) is 5. The van der Waals surface area contributed by atoms with E-state index in [1.807, 2.05) is 30.3 Å². The lowest BCUT2D eigenvalue weighted by molar-refractivity contribution is -0.116. The van der Waals surface area contributed by atoms with Crippen molar-refractivity contribution < 1.29 is 13.2 Å². The number of benzene rings is 1. The second kappa shape index (κ2) is 8.11. The Morgan fingerprint density at radius 3 is 2.73 bits per heavy atom. The smallest absolute Gasteiger partial charge is 0.241 e. The van der Waals surface area contributed by atoms with Crippen molar-refractivity contribution in [3.05, 3.63) is 51.9 Å². The lowest BCUT2D eigenvalue weighted by Crippen LogP contribution is -2.33. The second-order valence-corrected chi connectivity index (χ2v) is 9.17. The van der Waals surface area contributed by atoms with E-state index >= 15 is 0 Å². The zero-order chi connectivity index (χ0) is 18.6. The van der Waals surface area contributed by atoms with Crippen LogP contribution in [-0.4, -0.2) is 37.2 Å². The first-order valence-electron chi connectivity index (χ1n) is 8.42. The topological polar surface area (TPSA) is 79.4 Å². The van der Waals surface area contributed by atoms with Gasteiger partial charge in [-0.3, -0.25) is 4.79 Å². The third kappa shape index (κ3) is 4.78. The summed E-state index contributed by atoms with van der Waals surface area (Å²) in [6.07, 6.45) is 5.73. The molecule has 1 heterocycles. The minimum Gasteiger partial charge on any atom is -0.301 e. The first-order chi connectivity index (χ1) is 12.4. The van der Waals surface area contributed by atoms with Crippen LogP contribution in [0.2, 0.25) is 0 Å². The van der Waals surface area contributed by atoms with Gasteiger partial charge in [0.2, 0.25) is 15.9 Å². The Labute approximate surface area is 157 Å². The number of fused-ring (bicyclic) bond motifs is 1. The summed E-state index contributed by atoms with van der Waals surface area (Å²) in [7, 11) is -2.29. The van der Waals surface area contributed by atoms with Gasteiger partial charge in [0.1, 0.15) is 0 Å². The van der Waals surface area contributed by atoms with Crippen LogP contribution in [0.1, 0.15) is 29.0 Å². The van der Waals surface area contributed by atoms with E-state index in [1.54, 1.807) is 0 Å². The lowest BCUT2D eigenvalue weighted by atomic mass is 10.0. The van der Waals surface area contributed by atoms with Crippen molar-refractivity contribution in [2.45, 2.75) is 25.7 Å². The Morgan fingerprint density at radius 1 is 1.27 bits per heavy atom. The van der Waals surface area contributed by atoms with E-state index in [1.165, 1.54) is 29.3 Å². The molecule has 0 spiro atoms. The highest BCUT2D eigenvalue weighted by molar-refractivity contribution is 7.92. The number of hydrogen-bond donors (Lipinski definition) is 1. The van der Waals surface area contributed by atoms with Crippen LogP contribution in [0.5, 0.6) is 0 Å². The number of nitrogens with zero attached hydrogens (tertiary/aromatic N) is 2. The van der Waals surface area contributed by atoms with Crippen LogP contribution >= 0.6 is 11.3 Å². The van der Waals surface area contributed by atoms with Crippen LogP contribution in [0, 0.1) is 0 Å². The van der Waals surface area contributed by atoms with Gasteiger partial charge in [-0.2, -0.15) is 4.31 Å². The second-order valence-electron chi connectivity index (χ2n) is 6.16. The number of aryl methyl sites for hydroxylation is 2. The van der Waals surface area contributed by atoms with E-state index in [2.05, 4.69) is 10.3 Å². The predicted octanol–water partition coefficient (Wildman–Crippen LogP) is 2.89. The molecule has 0 saturated heterocycles. The largest absolute Gasteiger partial charge is 0.301 e. The van der Waals surface area contributed by atoms with Crippen molar-refractivity contribution in [1.29, 1.82) is 0 Å². The zero-order valence-corrected chi connectivity index (χ0v) is 16.1. The highest BCUT2D eigenvalue weighted by Gasteiger charge is 2.20. The van der Waals surface area contributed by atoms with Gasteiger partial charge in [-0.25, -0.2) is 13.4 Å². The van der Waals surface area contributed by atoms with E-state index in [9.17, 15) is 13.2 Å². The van der Waals surface area contributed by atoms with Gasteiger partial charge < -0.3 is 5.32 Å². The summed E-state index contributed by atoms with van der Waals surface area (Å²) in [6.45, 7) is -0.258. The molecule has 0 unspecified atom stereocenters. The highest BCUT2D eigenvalue weighted by Crippen LogP contribution is 2.29. The Bertz CT molecular complexity index is 882. The standard InChI is InChI=1S/C18H21N3O3S2/c1-21(26(23,24)12-11-14-7-3-2-4-8-14)13-17(22)20-18-19-15-9-5-6-10-16(15)25-18/h2-4,7-8,11-12H,5-6,9-10,13H2,1H3,(H,19,20,22)/b12-11+. The fraction of sp³-hybridized carbons (Fsp3) is 0.333. The molecule has 1 amide bonds. The Balaban J connectivity index is 1.59. The summed E-state index contributed by atoms with van der Waals surface area (Å²) in [5.74, 6) is -0.393. The number of amides is 1. The molecule has 0 fully saturated rings. The van der Waals surface area contributed by atoms with Gasteiger partial charge >= 0.3 is 0 Å². The molecule has 1 aromatic carbocycles. The molecule has 0 radical (unpaired) electrons. The van der Waals surface area contributed by atoms with Crippen molar-refractivity contribution in [3.63, 3.8) is 0 Å². The molecule has 0 aliphatic heterocycles. The van der Waals surface area contributed by atoms with E-state index in [0.29, 0.717) is 5.13 Å². The number of nitrogens with one attached hydrogen (secondary N) is 1. The van der Waals surface area contributed by atoms with Gasteiger partial charge in [-0.05, 0) is 37.3 Å². The fourth-order valence-electron chi connectivity index (χ4n) is 2.69. The molecule has 3 rings (SSSR count). The van der Waals surface area contributed by atoms with Gasteiger partial charge in [-0.1, -0.05) is 30.3 Å². The maximum absolute atomic E-state index is 12.3. The number of sulfonamides is 1. The molecule has 2 aromatic rings. The molecule has 0 bridgehead atoms. The van der Waals surface area contributed by atoms with Gasteiger partial charge in [-0.15, -0.1) is 11.3 Å². The van der Waals surface area contributed by atoms with Crippen LogP contribution in [0.3, 0.4) is 0 Å². The maximum atomic E-state index is 12.3. The van der Waals surface area contributed by atoms with Crippen molar-refractivity contribution in [1.82, 2.24) is 9.29 Å². The quantitative estimate of drug-likeness (QED) is 0.821.